The molecule has 0 radical (unpaired) electrons. The summed E-state index contributed by atoms with van der Waals surface area (Å²) >= 11 is 0. The summed E-state index contributed by atoms with van der Waals surface area (Å²) in [6.45, 7) is 8.61. The predicted molar refractivity (Wildman–Crippen MR) is 79.9 cm³/mol. The first-order valence-corrected chi connectivity index (χ1v) is 6.23. The fourth-order valence-corrected chi connectivity index (χ4v) is 0.774. The molecule has 2 heterocycles. The zero-order chi connectivity index (χ0) is 15.1. The highest BCUT2D eigenvalue weighted by molar-refractivity contribution is 5.82. The van der Waals surface area contributed by atoms with Crippen LogP contribution in [0.2, 0.25) is 0 Å². The average Bonchev–Trinajstić information content (AvgIpc) is 2.48. The maximum Gasteiger partial charge on any atom is 0.344 e. The molecule has 0 aliphatic carbocycles. The van der Waals surface area contributed by atoms with Crippen molar-refractivity contribution in [2.75, 3.05) is 33.0 Å². The van der Waals surface area contributed by atoms with Crippen molar-refractivity contribution in [3.05, 3.63) is 0 Å². The molecule has 0 aromatic carbocycles. The normalized spacial score (nSPS) is 15.1. The fourth-order valence-electron chi connectivity index (χ4n) is 0.774. The van der Waals surface area contributed by atoms with Crippen molar-refractivity contribution in [1.82, 2.24) is 0 Å². The monoisotopic (exact) mass is 310 g/mol. The minimum absolute atomic E-state index is 0. The number of esters is 3. The van der Waals surface area contributed by atoms with Crippen molar-refractivity contribution >= 4 is 17.9 Å². The van der Waals surface area contributed by atoms with Gasteiger partial charge in [0, 0.05) is 0 Å². The summed E-state index contributed by atoms with van der Waals surface area (Å²) in [5.41, 5.74) is 0. The van der Waals surface area contributed by atoms with Crippen LogP contribution in [0.4, 0.5) is 0 Å². The summed E-state index contributed by atoms with van der Waals surface area (Å²) in [5, 5.41) is 0. The van der Waals surface area contributed by atoms with Gasteiger partial charge in [0.15, 0.2) is 13.2 Å². The zero-order valence-corrected chi connectivity index (χ0v) is 11.9. The maximum atomic E-state index is 10.1. The van der Waals surface area contributed by atoms with Crippen molar-refractivity contribution in [2.45, 2.75) is 42.5 Å². The lowest BCUT2D eigenvalue weighted by molar-refractivity contribution is -0.174. The lowest BCUT2D eigenvalue weighted by Gasteiger charge is -2.09. The van der Waals surface area contributed by atoms with Gasteiger partial charge in [0.2, 0.25) is 0 Å². The van der Waals surface area contributed by atoms with Crippen molar-refractivity contribution in [3.63, 3.8) is 0 Å². The van der Waals surface area contributed by atoms with Gasteiger partial charge in [-0.25, -0.2) is 14.4 Å². The minimum Gasteiger partial charge on any atom is -0.462 e. The van der Waals surface area contributed by atoms with E-state index >= 15 is 0 Å². The molecule has 0 saturated carbocycles. The SMILES string of the molecule is C.C.CC.CC.O=C1COC(=O)CO1.O=C1COCCO1. The van der Waals surface area contributed by atoms with Crippen LogP contribution in [0.25, 0.3) is 0 Å². The van der Waals surface area contributed by atoms with Gasteiger partial charge in [0.1, 0.15) is 13.2 Å². The molecule has 21 heavy (non-hydrogen) atoms. The van der Waals surface area contributed by atoms with Gasteiger partial charge in [-0.2, -0.15) is 0 Å². The van der Waals surface area contributed by atoms with E-state index in [0.29, 0.717) is 13.2 Å². The highest BCUT2D eigenvalue weighted by Crippen LogP contribution is 1.91. The van der Waals surface area contributed by atoms with E-state index in [0.717, 1.165) is 0 Å². The second-order valence-corrected chi connectivity index (χ2v) is 2.59. The smallest absolute Gasteiger partial charge is 0.344 e. The number of cyclic esters (lactones) is 3. The van der Waals surface area contributed by atoms with Gasteiger partial charge in [0.05, 0.1) is 6.61 Å². The molecule has 0 unspecified atom stereocenters. The van der Waals surface area contributed by atoms with Crippen LogP contribution in [0.5, 0.6) is 0 Å². The first-order valence-electron chi connectivity index (χ1n) is 6.23. The summed E-state index contributed by atoms with van der Waals surface area (Å²) in [7, 11) is 0. The van der Waals surface area contributed by atoms with Crippen LogP contribution in [-0.4, -0.2) is 50.9 Å². The molecule has 0 N–H and O–H groups in total. The molecule has 0 aromatic rings. The van der Waals surface area contributed by atoms with E-state index in [1.807, 2.05) is 27.7 Å². The highest BCUT2D eigenvalue weighted by atomic mass is 16.6. The Bertz CT molecular complexity index is 228. The van der Waals surface area contributed by atoms with Crippen molar-refractivity contribution in [3.8, 4) is 0 Å². The molecule has 7 heteroatoms. The van der Waals surface area contributed by atoms with Crippen molar-refractivity contribution in [1.29, 1.82) is 0 Å². The van der Waals surface area contributed by atoms with E-state index < -0.39 is 11.9 Å². The number of hydrogen-bond acceptors (Lipinski definition) is 7. The first kappa shape index (κ1) is 27.7. The summed E-state index contributed by atoms with van der Waals surface area (Å²) in [6.07, 6.45) is 0. The standard InChI is InChI=1S/C4H4O4.C4H6O3.2C2H6.2CH4/c5-3-1-7-4(6)2-8-3;5-4-3-6-1-2-7-4;2*1-2;;/h1-2H2;1-3H2;2*1-2H3;2*1H4. The molecule has 7 nitrogen and oxygen atoms in total. The summed E-state index contributed by atoms with van der Waals surface area (Å²) in [5.74, 6) is -1.22. The molecule has 2 saturated heterocycles. The fraction of sp³-hybridized carbons (Fsp3) is 0.786. The Morgan fingerprint density at radius 2 is 1.00 bits per heavy atom. The Labute approximate surface area is 127 Å². The quantitative estimate of drug-likeness (QED) is 0.499. The predicted octanol–water partition coefficient (Wildman–Crippen LogP) is 1.97. The van der Waals surface area contributed by atoms with E-state index in [1.165, 1.54) is 0 Å². The van der Waals surface area contributed by atoms with Crippen LogP contribution in [0.3, 0.4) is 0 Å². The van der Waals surface area contributed by atoms with E-state index in [9.17, 15) is 14.4 Å². The second kappa shape index (κ2) is 20.7. The van der Waals surface area contributed by atoms with Crippen molar-refractivity contribution in [2.24, 2.45) is 0 Å². The Balaban J connectivity index is -0.000000104. The number of ether oxygens (including phenoxy) is 4. The van der Waals surface area contributed by atoms with Crippen molar-refractivity contribution < 1.29 is 33.3 Å². The second-order valence-electron chi connectivity index (χ2n) is 2.59. The van der Waals surface area contributed by atoms with Crippen LogP contribution in [0.1, 0.15) is 42.5 Å². The molecule has 128 valence electrons. The molecule has 2 aliphatic rings. The van der Waals surface area contributed by atoms with Gasteiger partial charge < -0.3 is 18.9 Å². The maximum absolute atomic E-state index is 10.1. The lowest BCUT2D eigenvalue weighted by Crippen LogP contribution is -2.27. The minimum atomic E-state index is -0.482. The molecule has 2 fully saturated rings. The molecule has 0 amide bonds. The summed E-state index contributed by atoms with van der Waals surface area (Å²) in [6, 6.07) is 0. The highest BCUT2D eigenvalue weighted by Gasteiger charge is 2.16. The third-order valence-corrected chi connectivity index (χ3v) is 1.41. The third-order valence-electron chi connectivity index (χ3n) is 1.41. The topological polar surface area (TPSA) is 88.1 Å². The summed E-state index contributed by atoms with van der Waals surface area (Å²) < 4.78 is 17.8. The van der Waals surface area contributed by atoms with Gasteiger partial charge in [-0.05, 0) is 0 Å². The van der Waals surface area contributed by atoms with Gasteiger partial charge in [0.25, 0.3) is 0 Å². The van der Waals surface area contributed by atoms with Crippen LogP contribution >= 0.6 is 0 Å². The van der Waals surface area contributed by atoms with Gasteiger partial charge in [-0.3, -0.25) is 0 Å². The largest absolute Gasteiger partial charge is 0.462 e. The van der Waals surface area contributed by atoms with Crippen LogP contribution in [-0.2, 0) is 33.3 Å². The van der Waals surface area contributed by atoms with Gasteiger partial charge in [-0.15, -0.1) is 0 Å². The third kappa shape index (κ3) is 18.4. The van der Waals surface area contributed by atoms with Gasteiger partial charge in [-0.1, -0.05) is 42.5 Å². The van der Waals surface area contributed by atoms with Crippen LogP contribution in [0, 0.1) is 0 Å². The average molecular weight is 310 g/mol. The molecule has 2 aliphatic heterocycles. The lowest BCUT2D eigenvalue weighted by atomic mass is 10.6. The zero-order valence-electron chi connectivity index (χ0n) is 11.9. The van der Waals surface area contributed by atoms with E-state index in [1.54, 1.807) is 0 Å². The van der Waals surface area contributed by atoms with E-state index in [4.69, 9.17) is 4.74 Å². The Morgan fingerprint density at radius 1 is 0.619 bits per heavy atom. The molecular weight excluding hydrogens is 280 g/mol. The molecule has 0 aromatic heterocycles. The first-order chi connectivity index (χ1) is 9.18. The number of rotatable bonds is 0. The molecule has 0 atom stereocenters. The Hall–Kier alpha value is -1.63. The Kier molecular flexibility index (Phi) is 27.3. The Morgan fingerprint density at radius 3 is 1.19 bits per heavy atom. The molecule has 0 bridgehead atoms. The van der Waals surface area contributed by atoms with Crippen LogP contribution < -0.4 is 0 Å². The molecular formula is C14H30O7. The number of carbonyl (C=O) groups excluding carboxylic acids is 3. The van der Waals surface area contributed by atoms with Gasteiger partial charge >= 0.3 is 17.9 Å². The van der Waals surface area contributed by atoms with Crippen LogP contribution in [0.15, 0.2) is 0 Å². The summed E-state index contributed by atoms with van der Waals surface area (Å²) in [4.78, 5) is 30.3. The molecule has 2 rings (SSSR count). The number of hydrogen-bond donors (Lipinski definition) is 0. The molecule has 0 spiro atoms. The van der Waals surface area contributed by atoms with E-state index in [-0.39, 0.29) is 40.6 Å². The number of carbonyl (C=O) groups is 3. The van der Waals surface area contributed by atoms with E-state index in [2.05, 4.69) is 14.2 Å².